The van der Waals surface area contributed by atoms with E-state index in [1.54, 1.807) is 37.3 Å². The molecule has 2 heterocycles. The number of sulfonamides is 2. The molecule has 0 bridgehead atoms. The van der Waals surface area contributed by atoms with Crippen molar-refractivity contribution in [2.75, 3.05) is 39.4 Å². The Bertz CT molecular complexity index is 1360. The molecule has 2 saturated heterocycles. The van der Waals surface area contributed by atoms with Gasteiger partial charge in [0.25, 0.3) is 0 Å². The van der Waals surface area contributed by atoms with Gasteiger partial charge in [-0.2, -0.15) is 4.31 Å². The van der Waals surface area contributed by atoms with E-state index in [1.165, 1.54) is 16.4 Å². The Morgan fingerprint density at radius 1 is 1.15 bits per heavy atom. The third-order valence-corrected chi connectivity index (χ3v) is 11.5. The first-order valence-electron chi connectivity index (χ1n) is 13.0. The van der Waals surface area contributed by atoms with Gasteiger partial charge in [0, 0.05) is 42.8 Å². The van der Waals surface area contributed by atoms with E-state index >= 15 is 0 Å². The SMILES string of the molecule is CCNS(=O)(=O)c1cccc(OC[C@@H](O)CNC2COC3(CCN(S(=O)(=O)c4ccc(Br)c(C)c4)CC3)C2)c1. The molecule has 39 heavy (non-hydrogen) atoms. The van der Waals surface area contributed by atoms with Crippen LogP contribution in [0.4, 0.5) is 0 Å². The van der Waals surface area contributed by atoms with E-state index in [0.717, 1.165) is 16.5 Å². The summed E-state index contributed by atoms with van der Waals surface area (Å²) in [4.78, 5) is 0.405. The van der Waals surface area contributed by atoms with Gasteiger partial charge in [0.15, 0.2) is 0 Å². The van der Waals surface area contributed by atoms with Crippen molar-refractivity contribution >= 4 is 36.0 Å². The summed E-state index contributed by atoms with van der Waals surface area (Å²) in [5, 5.41) is 13.7. The first-order valence-corrected chi connectivity index (χ1v) is 16.7. The second-order valence-electron chi connectivity index (χ2n) is 10.1. The number of piperidine rings is 1. The van der Waals surface area contributed by atoms with Crippen LogP contribution in [-0.4, -0.2) is 83.4 Å². The van der Waals surface area contributed by atoms with Gasteiger partial charge in [0.1, 0.15) is 18.5 Å². The van der Waals surface area contributed by atoms with Crippen LogP contribution in [0.25, 0.3) is 0 Å². The van der Waals surface area contributed by atoms with Crippen LogP contribution in [0.15, 0.2) is 56.7 Å². The molecule has 2 aliphatic heterocycles. The number of halogens is 1. The minimum Gasteiger partial charge on any atom is -0.491 e. The minimum atomic E-state index is -3.59. The van der Waals surface area contributed by atoms with E-state index in [0.29, 0.717) is 43.2 Å². The molecule has 0 radical (unpaired) electrons. The van der Waals surface area contributed by atoms with E-state index in [1.807, 2.05) is 6.92 Å². The zero-order chi connectivity index (χ0) is 28.3. The van der Waals surface area contributed by atoms with Crippen molar-refractivity contribution in [2.24, 2.45) is 0 Å². The van der Waals surface area contributed by atoms with Crippen LogP contribution in [0, 0.1) is 6.92 Å². The summed E-state index contributed by atoms with van der Waals surface area (Å²) in [6.45, 7) is 5.41. The molecule has 216 valence electrons. The van der Waals surface area contributed by atoms with E-state index < -0.39 is 26.2 Å². The molecule has 0 amide bonds. The smallest absolute Gasteiger partial charge is 0.243 e. The van der Waals surface area contributed by atoms with Gasteiger partial charge in [0.05, 0.1) is 22.0 Å². The Morgan fingerprint density at radius 3 is 2.59 bits per heavy atom. The average molecular weight is 647 g/mol. The third kappa shape index (κ3) is 7.39. The van der Waals surface area contributed by atoms with Crippen LogP contribution in [0.2, 0.25) is 0 Å². The topological polar surface area (TPSA) is 134 Å². The summed E-state index contributed by atoms with van der Waals surface area (Å²) in [6, 6.07) is 11.3. The van der Waals surface area contributed by atoms with Gasteiger partial charge in [-0.25, -0.2) is 21.6 Å². The standard InChI is InChI=1S/C26H36BrN3O7S2/c1-3-29-38(32,33)23-6-4-5-22(14-23)36-18-21(31)16-28-20-15-26(37-17-20)9-11-30(12-10-26)39(34,35)24-7-8-25(27)19(2)13-24/h4-8,13-14,20-21,28-29,31H,3,9-12,15-18H2,1-2H3/t20?,21-/m0/s1. The average Bonchev–Trinajstić information content (AvgIpc) is 3.30. The summed E-state index contributed by atoms with van der Waals surface area (Å²) in [5.74, 6) is 0.358. The van der Waals surface area contributed by atoms with Gasteiger partial charge < -0.3 is 19.9 Å². The Kier molecular flexibility index (Phi) is 9.75. The fraction of sp³-hybridized carbons (Fsp3) is 0.538. The van der Waals surface area contributed by atoms with E-state index in [4.69, 9.17) is 9.47 Å². The highest BCUT2D eigenvalue weighted by Gasteiger charge is 2.44. The number of aryl methyl sites for hydroxylation is 1. The van der Waals surface area contributed by atoms with Crippen molar-refractivity contribution in [1.82, 2.24) is 14.3 Å². The molecule has 0 saturated carbocycles. The van der Waals surface area contributed by atoms with Gasteiger partial charge in [-0.05, 0) is 62.1 Å². The largest absolute Gasteiger partial charge is 0.491 e. The summed E-state index contributed by atoms with van der Waals surface area (Å²) >= 11 is 3.42. The van der Waals surface area contributed by atoms with Gasteiger partial charge in [-0.15, -0.1) is 0 Å². The molecule has 13 heteroatoms. The molecule has 1 unspecified atom stereocenters. The lowest BCUT2D eigenvalue weighted by Gasteiger charge is -2.38. The van der Waals surface area contributed by atoms with E-state index in [9.17, 15) is 21.9 Å². The molecule has 2 fully saturated rings. The number of aliphatic hydroxyl groups excluding tert-OH is 1. The van der Waals surface area contributed by atoms with E-state index in [2.05, 4.69) is 26.0 Å². The van der Waals surface area contributed by atoms with Crippen LogP contribution in [0.5, 0.6) is 5.75 Å². The molecule has 1 spiro atoms. The Morgan fingerprint density at radius 2 is 1.90 bits per heavy atom. The number of rotatable bonds is 11. The van der Waals surface area contributed by atoms with Crippen molar-refractivity contribution in [1.29, 1.82) is 0 Å². The lowest BCUT2D eigenvalue weighted by atomic mass is 9.88. The second-order valence-corrected chi connectivity index (χ2v) is 14.6. The zero-order valence-corrected chi connectivity index (χ0v) is 25.3. The number of nitrogens with one attached hydrogen (secondary N) is 2. The summed E-state index contributed by atoms with van der Waals surface area (Å²) in [7, 11) is -7.16. The molecule has 2 aliphatic rings. The number of benzene rings is 2. The van der Waals surface area contributed by atoms with Gasteiger partial charge in [-0.3, -0.25) is 0 Å². The normalized spacial score (nSPS) is 20.8. The highest BCUT2D eigenvalue weighted by atomic mass is 79.9. The monoisotopic (exact) mass is 645 g/mol. The van der Waals surface area contributed by atoms with Crippen molar-refractivity contribution < 1.29 is 31.4 Å². The van der Waals surface area contributed by atoms with Gasteiger partial charge in [-0.1, -0.05) is 28.9 Å². The van der Waals surface area contributed by atoms with Crippen molar-refractivity contribution in [3.8, 4) is 5.75 Å². The molecule has 0 aliphatic carbocycles. The first kappa shape index (κ1) is 30.4. The van der Waals surface area contributed by atoms with Gasteiger partial charge in [0.2, 0.25) is 20.0 Å². The maximum atomic E-state index is 13.1. The molecule has 0 aromatic heterocycles. The molecular formula is C26H36BrN3O7S2. The summed E-state index contributed by atoms with van der Waals surface area (Å²) in [5.41, 5.74) is 0.495. The predicted octanol–water partition coefficient (Wildman–Crippen LogP) is 2.40. The third-order valence-electron chi connectivity index (χ3n) is 7.14. The summed E-state index contributed by atoms with van der Waals surface area (Å²) < 4.78 is 67.3. The number of hydrogen-bond donors (Lipinski definition) is 3. The molecule has 10 nitrogen and oxygen atoms in total. The quantitative estimate of drug-likeness (QED) is 0.339. The number of aliphatic hydroxyl groups is 1. The lowest BCUT2D eigenvalue weighted by molar-refractivity contribution is -0.0312. The van der Waals surface area contributed by atoms with Crippen LogP contribution in [-0.2, 0) is 24.8 Å². The first-order chi connectivity index (χ1) is 18.4. The fourth-order valence-electron chi connectivity index (χ4n) is 4.94. The maximum Gasteiger partial charge on any atom is 0.243 e. The van der Waals surface area contributed by atoms with Crippen LogP contribution in [0.1, 0.15) is 31.7 Å². The van der Waals surface area contributed by atoms with Crippen molar-refractivity contribution in [3.05, 3.63) is 52.5 Å². The molecular weight excluding hydrogens is 610 g/mol. The highest BCUT2D eigenvalue weighted by Crippen LogP contribution is 2.37. The Hall–Kier alpha value is -1.58. The fourth-order valence-corrected chi connectivity index (χ4v) is 7.79. The number of nitrogens with zero attached hydrogens (tertiary/aromatic N) is 1. The molecule has 2 atom stereocenters. The van der Waals surface area contributed by atoms with Gasteiger partial charge >= 0.3 is 0 Å². The Labute approximate surface area is 239 Å². The Balaban J connectivity index is 1.23. The zero-order valence-electron chi connectivity index (χ0n) is 22.1. The second kappa shape index (κ2) is 12.5. The van der Waals surface area contributed by atoms with Crippen molar-refractivity contribution in [2.45, 2.75) is 60.6 Å². The minimum absolute atomic E-state index is 0.00121. The molecule has 2 aromatic rings. The summed E-state index contributed by atoms with van der Waals surface area (Å²) in [6.07, 6.45) is 1.14. The van der Waals surface area contributed by atoms with E-state index in [-0.39, 0.29) is 36.2 Å². The lowest BCUT2D eigenvalue weighted by Crippen LogP contribution is -2.47. The molecule has 3 N–H and O–H groups in total. The van der Waals surface area contributed by atoms with Crippen LogP contribution < -0.4 is 14.8 Å². The van der Waals surface area contributed by atoms with Crippen LogP contribution in [0.3, 0.4) is 0 Å². The maximum absolute atomic E-state index is 13.1. The van der Waals surface area contributed by atoms with Crippen molar-refractivity contribution in [3.63, 3.8) is 0 Å². The highest BCUT2D eigenvalue weighted by molar-refractivity contribution is 9.10. The number of hydrogen-bond acceptors (Lipinski definition) is 8. The molecule has 4 rings (SSSR count). The predicted molar refractivity (Wildman–Crippen MR) is 151 cm³/mol. The number of ether oxygens (including phenoxy) is 2. The molecule has 2 aromatic carbocycles. The van der Waals surface area contributed by atoms with Crippen LogP contribution >= 0.6 is 15.9 Å².